The van der Waals surface area contributed by atoms with Gasteiger partial charge in [0.1, 0.15) is 10.8 Å². The number of thiocarbonyl (C=S) groups is 1. The van der Waals surface area contributed by atoms with E-state index in [1.807, 2.05) is 19.1 Å². The van der Waals surface area contributed by atoms with Crippen molar-refractivity contribution in [1.82, 2.24) is 0 Å². The number of benzene rings is 2. The number of anilines is 1. The molecule has 0 spiro atoms. The van der Waals surface area contributed by atoms with Gasteiger partial charge in [-0.25, -0.2) is 4.39 Å². The molecule has 0 aromatic heterocycles. The molecular formula is C15H14ClFN2S. The van der Waals surface area contributed by atoms with Crippen LogP contribution in [0.3, 0.4) is 0 Å². The fourth-order valence-electron chi connectivity index (χ4n) is 1.88. The lowest BCUT2D eigenvalue weighted by atomic mass is 10.1. The van der Waals surface area contributed by atoms with Crippen LogP contribution in [0.5, 0.6) is 0 Å². The van der Waals surface area contributed by atoms with E-state index in [4.69, 9.17) is 29.6 Å². The van der Waals surface area contributed by atoms with Gasteiger partial charge < -0.3 is 11.1 Å². The minimum Gasteiger partial charge on any atom is -0.389 e. The van der Waals surface area contributed by atoms with Crippen molar-refractivity contribution in [2.24, 2.45) is 5.73 Å². The molecule has 2 aromatic carbocycles. The average molecular weight is 309 g/mol. The van der Waals surface area contributed by atoms with Gasteiger partial charge in [0.15, 0.2) is 0 Å². The van der Waals surface area contributed by atoms with Crippen LogP contribution in [0.1, 0.15) is 24.1 Å². The molecule has 2 aromatic rings. The van der Waals surface area contributed by atoms with E-state index >= 15 is 0 Å². The van der Waals surface area contributed by atoms with Crippen LogP contribution in [0.15, 0.2) is 42.5 Å². The van der Waals surface area contributed by atoms with Crippen molar-refractivity contribution >= 4 is 34.5 Å². The zero-order valence-electron chi connectivity index (χ0n) is 10.9. The topological polar surface area (TPSA) is 38.0 Å². The van der Waals surface area contributed by atoms with Crippen LogP contribution in [0.4, 0.5) is 10.1 Å². The van der Waals surface area contributed by atoms with Crippen LogP contribution in [0, 0.1) is 5.82 Å². The lowest BCUT2D eigenvalue weighted by Crippen LogP contribution is -2.11. The van der Waals surface area contributed by atoms with E-state index in [0.29, 0.717) is 15.6 Å². The highest BCUT2D eigenvalue weighted by atomic mass is 35.5. The van der Waals surface area contributed by atoms with Gasteiger partial charge in [0.2, 0.25) is 0 Å². The predicted octanol–water partition coefficient (Wildman–Crippen LogP) is 4.29. The van der Waals surface area contributed by atoms with E-state index in [1.54, 1.807) is 18.2 Å². The number of rotatable bonds is 4. The summed E-state index contributed by atoms with van der Waals surface area (Å²) < 4.78 is 13.2. The Hall–Kier alpha value is -1.65. The molecule has 3 N–H and O–H groups in total. The molecule has 0 fully saturated rings. The van der Waals surface area contributed by atoms with E-state index in [0.717, 1.165) is 11.3 Å². The highest BCUT2D eigenvalue weighted by Gasteiger charge is 2.09. The first-order valence-electron chi connectivity index (χ1n) is 6.08. The Kier molecular flexibility index (Phi) is 4.57. The van der Waals surface area contributed by atoms with Crippen molar-refractivity contribution in [3.63, 3.8) is 0 Å². The van der Waals surface area contributed by atoms with Crippen LogP contribution in [-0.4, -0.2) is 4.99 Å². The quantitative estimate of drug-likeness (QED) is 0.828. The summed E-state index contributed by atoms with van der Waals surface area (Å²) in [7, 11) is 0. The maximum atomic E-state index is 13.2. The lowest BCUT2D eigenvalue weighted by molar-refractivity contribution is 0.623. The molecule has 0 radical (unpaired) electrons. The van der Waals surface area contributed by atoms with Gasteiger partial charge >= 0.3 is 0 Å². The first-order valence-corrected chi connectivity index (χ1v) is 6.87. The van der Waals surface area contributed by atoms with E-state index in [2.05, 4.69) is 5.32 Å². The molecule has 1 atom stereocenters. The lowest BCUT2D eigenvalue weighted by Gasteiger charge is -2.17. The second-order valence-corrected chi connectivity index (χ2v) is 5.33. The van der Waals surface area contributed by atoms with Gasteiger partial charge in [0.25, 0.3) is 0 Å². The van der Waals surface area contributed by atoms with E-state index < -0.39 is 0 Å². The molecule has 0 aliphatic carbocycles. The number of hydrogen-bond donors (Lipinski definition) is 2. The number of nitrogens with one attached hydrogen (secondary N) is 1. The Morgan fingerprint density at radius 3 is 2.65 bits per heavy atom. The fraction of sp³-hybridized carbons (Fsp3) is 0.133. The molecule has 0 bridgehead atoms. The van der Waals surface area contributed by atoms with Crippen LogP contribution in [-0.2, 0) is 0 Å². The summed E-state index contributed by atoms with van der Waals surface area (Å²) in [5.41, 5.74) is 7.87. The van der Waals surface area contributed by atoms with Gasteiger partial charge in [-0.2, -0.15) is 0 Å². The third-order valence-electron chi connectivity index (χ3n) is 2.97. The minimum atomic E-state index is -0.258. The Bertz CT molecular complexity index is 646. The van der Waals surface area contributed by atoms with Crippen molar-refractivity contribution in [1.29, 1.82) is 0 Å². The highest BCUT2D eigenvalue weighted by molar-refractivity contribution is 7.80. The number of hydrogen-bond acceptors (Lipinski definition) is 2. The molecule has 0 heterocycles. The first-order chi connectivity index (χ1) is 9.47. The Balaban J connectivity index is 2.19. The maximum absolute atomic E-state index is 13.2. The normalized spacial score (nSPS) is 11.9. The zero-order valence-corrected chi connectivity index (χ0v) is 12.4. The van der Waals surface area contributed by atoms with Gasteiger partial charge in [-0.3, -0.25) is 0 Å². The van der Waals surface area contributed by atoms with Gasteiger partial charge in [-0.1, -0.05) is 36.0 Å². The summed E-state index contributed by atoms with van der Waals surface area (Å²) in [6.07, 6.45) is 0. The molecule has 2 rings (SSSR count). The second kappa shape index (κ2) is 6.20. The molecule has 0 amide bonds. The highest BCUT2D eigenvalue weighted by Crippen LogP contribution is 2.27. The summed E-state index contributed by atoms with van der Waals surface area (Å²) in [4.78, 5) is 0.302. The number of halogens is 2. The molecule has 5 heteroatoms. The standard InChI is InChI=1S/C15H14ClFN2S/c1-9(10-3-2-4-12(17)7-10)19-14-6-5-11(15(18)20)8-13(14)16/h2-9,19H,1H3,(H2,18,20). The van der Waals surface area contributed by atoms with Crippen LogP contribution in [0.25, 0.3) is 0 Å². The Labute approximate surface area is 127 Å². The van der Waals surface area contributed by atoms with Gasteiger partial charge in [-0.05, 0) is 42.8 Å². The van der Waals surface area contributed by atoms with Crippen molar-refractivity contribution in [3.05, 3.63) is 64.4 Å². The molecule has 104 valence electrons. The van der Waals surface area contributed by atoms with Gasteiger partial charge in [-0.15, -0.1) is 0 Å². The van der Waals surface area contributed by atoms with Gasteiger partial charge in [0, 0.05) is 11.6 Å². The van der Waals surface area contributed by atoms with Crippen LogP contribution >= 0.6 is 23.8 Å². The summed E-state index contributed by atoms with van der Waals surface area (Å²) in [6, 6.07) is 11.7. The summed E-state index contributed by atoms with van der Waals surface area (Å²) in [6.45, 7) is 1.94. The summed E-state index contributed by atoms with van der Waals surface area (Å²) in [5, 5.41) is 3.76. The maximum Gasteiger partial charge on any atom is 0.123 e. The molecule has 0 aliphatic heterocycles. The summed E-state index contributed by atoms with van der Waals surface area (Å²) in [5.74, 6) is -0.258. The predicted molar refractivity (Wildman–Crippen MR) is 85.8 cm³/mol. The van der Waals surface area contributed by atoms with E-state index in [-0.39, 0.29) is 11.9 Å². The van der Waals surface area contributed by atoms with E-state index in [9.17, 15) is 4.39 Å². The molecule has 20 heavy (non-hydrogen) atoms. The van der Waals surface area contributed by atoms with Gasteiger partial charge in [0.05, 0.1) is 10.7 Å². The zero-order chi connectivity index (χ0) is 14.7. The van der Waals surface area contributed by atoms with Crippen LogP contribution in [0.2, 0.25) is 5.02 Å². The molecule has 0 saturated heterocycles. The van der Waals surface area contributed by atoms with Crippen molar-refractivity contribution < 1.29 is 4.39 Å². The monoisotopic (exact) mass is 308 g/mol. The van der Waals surface area contributed by atoms with E-state index in [1.165, 1.54) is 12.1 Å². The SMILES string of the molecule is CC(Nc1ccc(C(N)=S)cc1Cl)c1cccc(F)c1. The van der Waals surface area contributed by atoms with Crippen LogP contribution < -0.4 is 11.1 Å². The smallest absolute Gasteiger partial charge is 0.123 e. The van der Waals surface area contributed by atoms with Crippen molar-refractivity contribution in [3.8, 4) is 0 Å². The molecule has 1 unspecified atom stereocenters. The molecule has 0 saturated carbocycles. The summed E-state index contributed by atoms with van der Waals surface area (Å²) >= 11 is 11.1. The molecular weight excluding hydrogens is 295 g/mol. The number of nitrogens with two attached hydrogens (primary N) is 1. The second-order valence-electron chi connectivity index (χ2n) is 4.48. The third-order valence-corrected chi connectivity index (χ3v) is 3.52. The van der Waals surface area contributed by atoms with Crippen molar-refractivity contribution in [2.75, 3.05) is 5.32 Å². The largest absolute Gasteiger partial charge is 0.389 e. The first kappa shape index (κ1) is 14.8. The molecule has 2 nitrogen and oxygen atoms in total. The molecule has 0 aliphatic rings. The Morgan fingerprint density at radius 2 is 2.05 bits per heavy atom. The third kappa shape index (κ3) is 3.46. The average Bonchev–Trinajstić information content (AvgIpc) is 2.40. The Morgan fingerprint density at radius 1 is 1.30 bits per heavy atom. The minimum absolute atomic E-state index is 0.0705. The fourth-order valence-corrected chi connectivity index (χ4v) is 2.24. The van der Waals surface area contributed by atoms with Crippen molar-refractivity contribution in [2.45, 2.75) is 13.0 Å².